The van der Waals surface area contributed by atoms with Gasteiger partial charge < -0.3 is 19.6 Å². The standard InChI is InChI=1S/C19H15N5O4/c20-8-13-4-6-14(7-5-13)17-3-1-2-15(21-17)11-27-16-9-23-10-18(24(25)26)22-19(23)28-12-16/h1-7,10,16H,9,11-12H2/t16-/m0/s1. The highest BCUT2D eigenvalue weighted by Crippen LogP contribution is 2.23. The number of aromatic nitrogens is 3. The van der Waals surface area contributed by atoms with Crippen LogP contribution in [0.3, 0.4) is 0 Å². The van der Waals surface area contributed by atoms with Crippen LogP contribution in [0.5, 0.6) is 6.01 Å². The molecule has 140 valence electrons. The van der Waals surface area contributed by atoms with Crippen molar-refractivity contribution in [3.05, 3.63) is 70.0 Å². The van der Waals surface area contributed by atoms with Crippen molar-refractivity contribution < 1.29 is 14.4 Å². The van der Waals surface area contributed by atoms with Gasteiger partial charge in [-0.1, -0.05) is 18.2 Å². The van der Waals surface area contributed by atoms with E-state index in [1.165, 1.54) is 6.20 Å². The summed E-state index contributed by atoms with van der Waals surface area (Å²) in [6.07, 6.45) is 1.08. The fraction of sp³-hybridized carbons (Fsp3) is 0.211. The van der Waals surface area contributed by atoms with Crippen molar-refractivity contribution in [2.45, 2.75) is 19.3 Å². The maximum atomic E-state index is 10.8. The van der Waals surface area contributed by atoms with Crippen molar-refractivity contribution in [2.24, 2.45) is 0 Å². The molecule has 0 aliphatic carbocycles. The minimum atomic E-state index is -0.552. The third kappa shape index (κ3) is 3.67. The zero-order valence-corrected chi connectivity index (χ0v) is 14.7. The van der Waals surface area contributed by atoms with Crippen LogP contribution in [0.2, 0.25) is 0 Å². The van der Waals surface area contributed by atoms with E-state index in [1.807, 2.05) is 30.3 Å². The van der Waals surface area contributed by atoms with Gasteiger partial charge in [0.05, 0.1) is 36.2 Å². The average Bonchev–Trinajstić information content (AvgIpc) is 3.16. The molecule has 2 aromatic heterocycles. The summed E-state index contributed by atoms with van der Waals surface area (Å²) in [6, 6.07) is 15.2. The molecule has 4 rings (SSSR count). The van der Waals surface area contributed by atoms with Gasteiger partial charge in [0.1, 0.15) is 18.9 Å². The molecular weight excluding hydrogens is 362 g/mol. The van der Waals surface area contributed by atoms with E-state index in [1.54, 1.807) is 16.7 Å². The maximum Gasteiger partial charge on any atom is 0.414 e. The number of nitrogens with zero attached hydrogens (tertiary/aromatic N) is 5. The van der Waals surface area contributed by atoms with E-state index >= 15 is 0 Å². The van der Waals surface area contributed by atoms with Crippen LogP contribution in [-0.4, -0.2) is 32.2 Å². The first-order valence-electron chi connectivity index (χ1n) is 8.55. The number of imidazole rings is 1. The predicted molar refractivity (Wildman–Crippen MR) is 97.3 cm³/mol. The Morgan fingerprint density at radius 2 is 2.11 bits per heavy atom. The van der Waals surface area contributed by atoms with Crippen LogP contribution in [0.15, 0.2) is 48.7 Å². The molecule has 9 heteroatoms. The van der Waals surface area contributed by atoms with E-state index in [0.717, 1.165) is 17.0 Å². The second kappa shape index (κ2) is 7.46. The summed E-state index contributed by atoms with van der Waals surface area (Å²) in [5, 5.41) is 19.7. The lowest BCUT2D eigenvalue weighted by atomic mass is 10.1. The van der Waals surface area contributed by atoms with Gasteiger partial charge >= 0.3 is 11.8 Å². The molecule has 0 radical (unpaired) electrons. The van der Waals surface area contributed by atoms with E-state index in [4.69, 9.17) is 14.7 Å². The Balaban J connectivity index is 1.41. The Morgan fingerprint density at radius 1 is 1.29 bits per heavy atom. The molecule has 0 amide bonds. The molecule has 3 heterocycles. The Kier molecular flexibility index (Phi) is 4.70. The van der Waals surface area contributed by atoms with Crippen molar-refractivity contribution in [3.8, 4) is 23.3 Å². The van der Waals surface area contributed by atoms with Gasteiger partial charge in [-0.05, 0) is 29.2 Å². The summed E-state index contributed by atoms with van der Waals surface area (Å²) >= 11 is 0. The fourth-order valence-electron chi connectivity index (χ4n) is 2.90. The Bertz CT molecular complexity index is 1050. The lowest BCUT2D eigenvalue weighted by Crippen LogP contribution is -2.32. The molecule has 0 unspecified atom stereocenters. The lowest BCUT2D eigenvalue weighted by molar-refractivity contribution is -0.389. The molecule has 1 aromatic carbocycles. The largest absolute Gasteiger partial charge is 0.443 e. The molecule has 0 N–H and O–H groups in total. The monoisotopic (exact) mass is 377 g/mol. The lowest BCUT2D eigenvalue weighted by Gasteiger charge is -2.22. The molecule has 0 fully saturated rings. The number of benzene rings is 1. The van der Waals surface area contributed by atoms with E-state index in [9.17, 15) is 10.1 Å². The molecule has 0 saturated heterocycles. The first-order valence-corrected chi connectivity index (χ1v) is 8.55. The molecule has 1 atom stereocenters. The molecular formula is C19H15N5O4. The summed E-state index contributed by atoms with van der Waals surface area (Å²) < 4.78 is 12.9. The Hall–Kier alpha value is -3.77. The van der Waals surface area contributed by atoms with E-state index in [-0.39, 0.29) is 31.1 Å². The van der Waals surface area contributed by atoms with Gasteiger partial charge in [0, 0.05) is 10.5 Å². The Labute approximate surface area is 159 Å². The summed E-state index contributed by atoms with van der Waals surface area (Å²) in [7, 11) is 0. The van der Waals surface area contributed by atoms with Crippen molar-refractivity contribution in [1.82, 2.24) is 14.5 Å². The van der Waals surface area contributed by atoms with Crippen molar-refractivity contribution >= 4 is 5.82 Å². The zero-order valence-electron chi connectivity index (χ0n) is 14.7. The molecule has 28 heavy (non-hydrogen) atoms. The number of hydrogen-bond acceptors (Lipinski definition) is 7. The second-order valence-corrected chi connectivity index (χ2v) is 6.24. The predicted octanol–water partition coefficient (Wildman–Crippen LogP) is 2.70. The second-order valence-electron chi connectivity index (χ2n) is 6.24. The quantitative estimate of drug-likeness (QED) is 0.496. The summed E-state index contributed by atoms with van der Waals surface area (Å²) in [4.78, 5) is 18.7. The highest BCUT2D eigenvalue weighted by molar-refractivity contribution is 5.60. The van der Waals surface area contributed by atoms with Crippen LogP contribution in [0.25, 0.3) is 11.3 Å². The number of pyridine rings is 1. The third-order valence-electron chi connectivity index (χ3n) is 4.30. The van der Waals surface area contributed by atoms with Crippen molar-refractivity contribution in [2.75, 3.05) is 6.61 Å². The van der Waals surface area contributed by atoms with E-state index in [2.05, 4.69) is 16.0 Å². The van der Waals surface area contributed by atoms with Crippen molar-refractivity contribution in [3.63, 3.8) is 0 Å². The molecule has 1 aliphatic rings. The highest BCUT2D eigenvalue weighted by Gasteiger charge is 2.28. The maximum absolute atomic E-state index is 10.8. The summed E-state index contributed by atoms with van der Waals surface area (Å²) in [5.41, 5.74) is 3.05. The van der Waals surface area contributed by atoms with Gasteiger partial charge in [-0.25, -0.2) is 0 Å². The molecule has 3 aromatic rings. The normalized spacial score (nSPS) is 15.3. The zero-order chi connectivity index (χ0) is 19.5. The van der Waals surface area contributed by atoms with Crippen LogP contribution in [0, 0.1) is 21.4 Å². The molecule has 0 spiro atoms. The summed E-state index contributed by atoms with van der Waals surface area (Å²) in [5.74, 6) is -0.243. The van der Waals surface area contributed by atoms with Gasteiger partial charge in [0.15, 0.2) is 0 Å². The molecule has 1 aliphatic heterocycles. The highest BCUT2D eigenvalue weighted by atomic mass is 16.6. The SMILES string of the molecule is N#Cc1ccc(-c2cccc(CO[C@@H]3COc4nc([N+](=O)[O-])cn4C3)n2)cc1. The molecule has 0 saturated carbocycles. The molecule has 0 bridgehead atoms. The van der Waals surface area contributed by atoms with Crippen molar-refractivity contribution in [1.29, 1.82) is 5.26 Å². The number of hydrogen-bond donors (Lipinski definition) is 0. The van der Waals surface area contributed by atoms with E-state index < -0.39 is 4.92 Å². The number of fused-ring (bicyclic) bond motifs is 1. The average molecular weight is 377 g/mol. The van der Waals surface area contributed by atoms with Gasteiger partial charge in [0.2, 0.25) is 0 Å². The first kappa shape index (κ1) is 17.6. The van der Waals surface area contributed by atoms with Crippen LogP contribution in [0.4, 0.5) is 5.82 Å². The minimum Gasteiger partial charge on any atom is -0.443 e. The van der Waals surface area contributed by atoms with Gasteiger partial charge in [-0.2, -0.15) is 5.26 Å². The number of nitriles is 1. The molecule has 9 nitrogen and oxygen atoms in total. The number of ether oxygens (including phenoxy) is 2. The topological polar surface area (TPSA) is 116 Å². The third-order valence-corrected chi connectivity index (χ3v) is 4.30. The number of rotatable bonds is 5. The smallest absolute Gasteiger partial charge is 0.414 e. The van der Waals surface area contributed by atoms with E-state index in [0.29, 0.717) is 12.1 Å². The fourth-order valence-corrected chi connectivity index (χ4v) is 2.90. The van der Waals surface area contributed by atoms with Gasteiger partial charge in [0.25, 0.3) is 0 Å². The first-order chi connectivity index (χ1) is 13.6. The van der Waals surface area contributed by atoms with Crippen LogP contribution >= 0.6 is 0 Å². The van der Waals surface area contributed by atoms with Gasteiger partial charge in [-0.3, -0.25) is 9.55 Å². The van der Waals surface area contributed by atoms with Crippen LogP contribution in [-0.2, 0) is 17.9 Å². The van der Waals surface area contributed by atoms with Crippen LogP contribution < -0.4 is 4.74 Å². The van der Waals surface area contributed by atoms with Gasteiger partial charge in [-0.15, -0.1) is 0 Å². The van der Waals surface area contributed by atoms with Crippen LogP contribution in [0.1, 0.15) is 11.3 Å². The minimum absolute atomic E-state index is 0.229. The Morgan fingerprint density at radius 3 is 2.86 bits per heavy atom. The number of nitro groups is 1. The summed E-state index contributed by atoms with van der Waals surface area (Å²) in [6.45, 7) is 0.971.